The van der Waals surface area contributed by atoms with Crippen LogP contribution >= 0.6 is 23.2 Å². The molecule has 0 bridgehead atoms. The van der Waals surface area contributed by atoms with E-state index in [0.29, 0.717) is 11.8 Å². The van der Waals surface area contributed by atoms with Crippen LogP contribution in [0.1, 0.15) is 35.1 Å². The average molecular weight is 305 g/mol. The van der Waals surface area contributed by atoms with Gasteiger partial charge in [-0.2, -0.15) is 0 Å². The van der Waals surface area contributed by atoms with Crippen molar-refractivity contribution in [1.82, 2.24) is 0 Å². The molecule has 2 aromatic rings. The van der Waals surface area contributed by atoms with Crippen LogP contribution in [-0.2, 0) is 11.8 Å². The molecule has 0 spiro atoms. The SMILES string of the molecule is C=C(c1ccc(CCl)cc1)C(C)c1ccc(CCl)cc1. The fourth-order valence-electron chi connectivity index (χ4n) is 2.15. The van der Waals surface area contributed by atoms with Crippen LogP contribution in [0.15, 0.2) is 55.1 Å². The van der Waals surface area contributed by atoms with E-state index in [-0.39, 0.29) is 5.92 Å². The summed E-state index contributed by atoms with van der Waals surface area (Å²) in [6.45, 7) is 6.41. The summed E-state index contributed by atoms with van der Waals surface area (Å²) < 4.78 is 0. The van der Waals surface area contributed by atoms with Gasteiger partial charge in [0.05, 0.1) is 0 Å². The molecule has 0 heterocycles. The zero-order valence-corrected chi connectivity index (χ0v) is 13.1. The first-order valence-corrected chi connectivity index (χ1v) is 7.71. The second kappa shape index (κ2) is 6.97. The average Bonchev–Trinajstić information content (AvgIpc) is 2.53. The second-order valence-electron chi connectivity index (χ2n) is 4.95. The van der Waals surface area contributed by atoms with Gasteiger partial charge in [0.1, 0.15) is 0 Å². The van der Waals surface area contributed by atoms with Crippen LogP contribution in [-0.4, -0.2) is 0 Å². The van der Waals surface area contributed by atoms with Crippen LogP contribution in [0.5, 0.6) is 0 Å². The standard InChI is InChI=1S/C18H18Cl2/c1-13(17-7-3-15(11-19)4-8-17)14(2)18-9-5-16(12-20)6-10-18/h3-10,14H,1,11-12H2,2H3. The van der Waals surface area contributed by atoms with Crippen LogP contribution in [0, 0.1) is 0 Å². The number of halogens is 2. The molecule has 20 heavy (non-hydrogen) atoms. The van der Waals surface area contributed by atoms with Gasteiger partial charge in [-0.1, -0.05) is 62.0 Å². The highest BCUT2D eigenvalue weighted by Gasteiger charge is 2.11. The Kier molecular flexibility index (Phi) is 5.28. The summed E-state index contributed by atoms with van der Waals surface area (Å²) >= 11 is 11.6. The molecule has 0 N–H and O–H groups in total. The maximum atomic E-state index is 5.82. The Bertz CT molecular complexity index is 567. The van der Waals surface area contributed by atoms with Gasteiger partial charge in [0.15, 0.2) is 0 Å². The van der Waals surface area contributed by atoms with E-state index in [0.717, 1.165) is 22.3 Å². The number of hydrogen-bond acceptors (Lipinski definition) is 0. The van der Waals surface area contributed by atoms with Crippen molar-refractivity contribution in [2.75, 3.05) is 0 Å². The van der Waals surface area contributed by atoms with Gasteiger partial charge in [-0.15, -0.1) is 23.2 Å². The fourth-order valence-corrected chi connectivity index (χ4v) is 2.51. The van der Waals surface area contributed by atoms with Crippen molar-refractivity contribution >= 4 is 28.8 Å². The summed E-state index contributed by atoms with van der Waals surface area (Å²) in [5.74, 6) is 1.37. The molecular weight excluding hydrogens is 287 g/mol. The van der Waals surface area contributed by atoms with Crippen LogP contribution in [0.2, 0.25) is 0 Å². The van der Waals surface area contributed by atoms with E-state index in [1.54, 1.807) is 0 Å². The van der Waals surface area contributed by atoms with Gasteiger partial charge in [-0.25, -0.2) is 0 Å². The van der Waals surface area contributed by atoms with Crippen molar-refractivity contribution in [3.8, 4) is 0 Å². The first-order chi connectivity index (χ1) is 9.65. The molecule has 0 saturated carbocycles. The number of alkyl halides is 2. The second-order valence-corrected chi connectivity index (χ2v) is 5.49. The Labute approximate surface area is 131 Å². The number of allylic oxidation sites excluding steroid dienone is 1. The predicted octanol–water partition coefficient (Wildman–Crippen LogP) is 5.98. The maximum Gasteiger partial charge on any atom is 0.0474 e. The first-order valence-electron chi connectivity index (χ1n) is 6.64. The summed E-state index contributed by atoms with van der Waals surface area (Å²) in [7, 11) is 0. The molecule has 1 atom stereocenters. The highest BCUT2D eigenvalue weighted by Crippen LogP contribution is 2.30. The van der Waals surface area contributed by atoms with Crippen LogP contribution in [0.25, 0.3) is 5.57 Å². The lowest BCUT2D eigenvalue weighted by atomic mass is 9.89. The van der Waals surface area contributed by atoms with E-state index in [4.69, 9.17) is 23.2 Å². The van der Waals surface area contributed by atoms with Crippen molar-refractivity contribution in [3.05, 3.63) is 77.4 Å². The number of hydrogen-bond donors (Lipinski definition) is 0. The maximum absolute atomic E-state index is 5.82. The lowest BCUT2D eigenvalue weighted by Gasteiger charge is -2.16. The zero-order chi connectivity index (χ0) is 14.5. The highest BCUT2D eigenvalue weighted by atomic mass is 35.5. The fraction of sp³-hybridized carbons (Fsp3) is 0.222. The van der Waals surface area contributed by atoms with Gasteiger partial charge in [0, 0.05) is 17.7 Å². The van der Waals surface area contributed by atoms with E-state index in [2.05, 4.69) is 62.0 Å². The third-order valence-corrected chi connectivity index (χ3v) is 4.25. The van der Waals surface area contributed by atoms with Crippen molar-refractivity contribution in [2.24, 2.45) is 0 Å². The molecule has 0 aromatic heterocycles. The molecule has 2 heteroatoms. The van der Waals surface area contributed by atoms with Gasteiger partial charge in [-0.05, 0) is 27.8 Å². The largest absolute Gasteiger partial charge is 0.122 e. The molecule has 0 saturated heterocycles. The Morgan fingerprint density at radius 1 is 0.900 bits per heavy atom. The first kappa shape index (κ1) is 15.2. The van der Waals surface area contributed by atoms with E-state index in [1.807, 2.05) is 0 Å². The molecule has 104 valence electrons. The monoisotopic (exact) mass is 304 g/mol. The summed E-state index contributed by atoms with van der Waals surface area (Å²) in [5, 5.41) is 0. The van der Waals surface area contributed by atoms with Crippen molar-refractivity contribution < 1.29 is 0 Å². The van der Waals surface area contributed by atoms with Crippen molar-refractivity contribution in [3.63, 3.8) is 0 Å². The van der Waals surface area contributed by atoms with E-state index in [9.17, 15) is 0 Å². The molecule has 0 aliphatic rings. The summed E-state index contributed by atoms with van der Waals surface area (Å²) in [5.41, 5.74) is 5.80. The van der Waals surface area contributed by atoms with Gasteiger partial charge in [0.2, 0.25) is 0 Å². The Morgan fingerprint density at radius 2 is 1.35 bits per heavy atom. The quantitative estimate of drug-likeness (QED) is 0.596. The summed E-state index contributed by atoms with van der Waals surface area (Å²) in [6, 6.07) is 16.7. The third kappa shape index (κ3) is 3.45. The normalized spacial score (nSPS) is 12.2. The molecule has 0 amide bonds. The van der Waals surface area contributed by atoms with Gasteiger partial charge < -0.3 is 0 Å². The minimum atomic E-state index is 0.279. The molecule has 1 unspecified atom stereocenters. The van der Waals surface area contributed by atoms with Crippen LogP contribution < -0.4 is 0 Å². The minimum Gasteiger partial charge on any atom is -0.122 e. The molecule has 0 aliphatic heterocycles. The lowest BCUT2D eigenvalue weighted by molar-refractivity contribution is 0.989. The van der Waals surface area contributed by atoms with E-state index in [1.165, 1.54) is 5.56 Å². The molecular formula is C18H18Cl2. The Hall–Kier alpha value is -1.24. The number of rotatable bonds is 5. The molecule has 0 aliphatic carbocycles. The molecule has 0 radical (unpaired) electrons. The molecule has 0 nitrogen and oxygen atoms in total. The van der Waals surface area contributed by atoms with E-state index < -0.39 is 0 Å². The molecule has 2 rings (SSSR count). The Morgan fingerprint density at radius 3 is 1.80 bits per heavy atom. The lowest BCUT2D eigenvalue weighted by Crippen LogP contribution is -1.97. The van der Waals surface area contributed by atoms with Crippen molar-refractivity contribution in [2.45, 2.75) is 24.6 Å². The molecule has 2 aromatic carbocycles. The predicted molar refractivity (Wildman–Crippen MR) is 89.4 cm³/mol. The summed E-state index contributed by atoms with van der Waals surface area (Å²) in [6.07, 6.45) is 0. The van der Waals surface area contributed by atoms with Crippen LogP contribution in [0.4, 0.5) is 0 Å². The number of benzene rings is 2. The smallest absolute Gasteiger partial charge is 0.0474 e. The minimum absolute atomic E-state index is 0.279. The van der Waals surface area contributed by atoms with Gasteiger partial charge in [0.25, 0.3) is 0 Å². The van der Waals surface area contributed by atoms with Gasteiger partial charge >= 0.3 is 0 Å². The van der Waals surface area contributed by atoms with Gasteiger partial charge in [-0.3, -0.25) is 0 Å². The third-order valence-electron chi connectivity index (χ3n) is 3.64. The molecule has 0 fully saturated rings. The zero-order valence-electron chi connectivity index (χ0n) is 11.6. The summed E-state index contributed by atoms with van der Waals surface area (Å²) in [4.78, 5) is 0. The van der Waals surface area contributed by atoms with Crippen molar-refractivity contribution in [1.29, 1.82) is 0 Å². The topological polar surface area (TPSA) is 0 Å². The van der Waals surface area contributed by atoms with Crippen LogP contribution in [0.3, 0.4) is 0 Å². The van der Waals surface area contributed by atoms with E-state index >= 15 is 0 Å². The Balaban J connectivity index is 2.17. The highest BCUT2D eigenvalue weighted by molar-refractivity contribution is 6.17.